The smallest absolute Gasteiger partial charge is 0.205 e. The Morgan fingerprint density at radius 3 is 1.38 bits per heavy atom. The first-order chi connectivity index (χ1) is 13.4. The van der Waals surface area contributed by atoms with E-state index in [4.69, 9.17) is 18.5 Å². The maximum atomic E-state index is 6.18. The average molecular weight is 427 g/mol. The topological polar surface area (TPSA) is 36.9 Å². The van der Waals surface area contributed by atoms with Gasteiger partial charge in [0.05, 0.1) is 26.4 Å². The fraction of sp³-hybridized carbons (Fsp3) is 0.750. The van der Waals surface area contributed by atoms with Gasteiger partial charge in [-0.25, -0.2) is 0 Å². The summed E-state index contributed by atoms with van der Waals surface area (Å²) >= 11 is 0. The largest absolute Gasteiger partial charge is 0.384 e. The highest BCUT2D eigenvalue weighted by molar-refractivity contribution is 7.56. The second kappa shape index (κ2) is 10.7. The van der Waals surface area contributed by atoms with E-state index in [9.17, 15) is 0 Å². The van der Waals surface area contributed by atoms with E-state index in [0.717, 1.165) is 0 Å². The van der Waals surface area contributed by atoms with E-state index in [1.165, 1.54) is 22.0 Å². The highest BCUT2D eigenvalue weighted by Gasteiger charge is 2.37. The maximum Gasteiger partial charge on any atom is 0.205 e. The molecular formula is C24H43O4P. The zero-order chi connectivity index (χ0) is 22.5. The lowest BCUT2D eigenvalue weighted by molar-refractivity contribution is 0.144. The van der Waals surface area contributed by atoms with Crippen LogP contribution >= 0.6 is 8.38 Å². The molecule has 0 aromatic heterocycles. The van der Waals surface area contributed by atoms with Crippen molar-refractivity contribution in [2.75, 3.05) is 40.6 Å². The van der Waals surface area contributed by atoms with E-state index in [-0.39, 0.29) is 16.2 Å². The van der Waals surface area contributed by atoms with Crippen LogP contribution < -0.4 is 5.30 Å². The Hall–Kier alpha value is -0.510. The van der Waals surface area contributed by atoms with E-state index in [1.54, 1.807) is 14.2 Å². The van der Waals surface area contributed by atoms with Crippen LogP contribution in [0.5, 0.6) is 0 Å². The molecule has 0 bridgehead atoms. The summed E-state index contributed by atoms with van der Waals surface area (Å²) < 4.78 is 23.6. The molecule has 4 nitrogen and oxygen atoms in total. The third-order valence-electron chi connectivity index (χ3n) is 5.12. The number of benzene rings is 1. The van der Waals surface area contributed by atoms with Gasteiger partial charge in [-0.1, -0.05) is 60.6 Å². The van der Waals surface area contributed by atoms with Crippen LogP contribution in [-0.2, 0) is 34.8 Å². The van der Waals surface area contributed by atoms with E-state index < -0.39 is 8.38 Å². The van der Waals surface area contributed by atoms with Crippen molar-refractivity contribution in [1.29, 1.82) is 0 Å². The quantitative estimate of drug-likeness (QED) is 0.417. The molecular weight excluding hydrogens is 383 g/mol. The van der Waals surface area contributed by atoms with Gasteiger partial charge in [-0.05, 0) is 36.0 Å². The zero-order valence-electron chi connectivity index (χ0n) is 20.6. The van der Waals surface area contributed by atoms with Crippen LogP contribution in [0.1, 0.15) is 79.0 Å². The van der Waals surface area contributed by atoms with Gasteiger partial charge in [0, 0.05) is 30.4 Å². The van der Waals surface area contributed by atoms with Crippen molar-refractivity contribution in [3.8, 4) is 0 Å². The zero-order valence-corrected chi connectivity index (χ0v) is 21.5. The van der Waals surface area contributed by atoms with Crippen molar-refractivity contribution in [1.82, 2.24) is 0 Å². The van der Waals surface area contributed by atoms with Crippen molar-refractivity contribution >= 4 is 13.7 Å². The Morgan fingerprint density at radius 1 is 0.724 bits per heavy atom. The molecule has 0 unspecified atom stereocenters. The number of rotatable bonds is 11. The minimum atomic E-state index is -1.21. The highest BCUT2D eigenvalue weighted by Crippen LogP contribution is 2.46. The minimum Gasteiger partial charge on any atom is -0.384 e. The van der Waals surface area contributed by atoms with E-state index >= 15 is 0 Å². The van der Waals surface area contributed by atoms with Crippen LogP contribution in [0, 0.1) is 0 Å². The molecule has 0 radical (unpaired) electrons. The van der Waals surface area contributed by atoms with Crippen molar-refractivity contribution in [3.05, 3.63) is 28.8 Å². The first-order valence-electron chi connectivity index (χ1n) is 10.6. The van der Waals surface area contributed by atoms with Crippen LogP contribution in [0.4, 0.5) is 0 Å². The second-order valence-electron chi connectivity index (χ2n) is 9.90. The van der Waals surface area contributed by atoms with Gasteiger partial charge in [0.15, 0.2) is 0 Å². The van der Waals surface area contributed by atoms with Crippen LogP contribution in [0.3, 0.4) is 0 Å². The van der Waals surface area contributed by atoms with E-state index in [0.29, 0.717) is 26.4 Å². The monoisotopic (exact) mass is 426 g/mol. The van der Waals surface area contributed by atoms with Crippen molar-refractivity contribution in [2.45, 2.75) is 78.6 Å². The fourth-order valence-corrected chi connectivity index (χ4v) is 5.50. The molecule has 0 aliphatic rings. The van der Waals surface area contributed by atoms with Crippen molar-refractivity contribution in [3.63, 3.8) is 0 Å². The van der Waals surface area contributed by atoms with E-state index in [1.807, 2.05) is 13.8 Å². The first kappa shape index (κ1) is 26.5. The molecule has 0 atom stereocenters. The molecule has 5 heteroatoms. The van der Waals surface area contributed by atoms with Gasteiger partial charge in [0.2, 0.25) is 8.38 Å². The van der Waals surface area contributed by atoms with E-state index in [2.05, 4.69) is 60.6 Å². The average Bonchev–Trinajstić information content (AvgIpc) is 2.59. The molecule has 0 amide bonds. The van der Waals surface area contributed by atoms with Crippen LogP contribution in [0.15, 0.2) is 12.1 Å². The third-order valence-corrected chi connectivity index (χ3v) is 6.95. The minimum absolute atomic E-state index is 0.0221. The van der Waals surface area contributed by atoms with Gasteiger partial charge in [-0.3, -0.25) is 0 Å². The summed E-state index contributed by atoms with van der Waals surface area (Å²) in [6.07, 6.45) is 0. The highest BCUT2D eigenvalue weighted by atomic mass is 31.2. The van der Waals surface area contributed by atoms with Gasteiger partial charge in [0.25, 0.3) is 0 Å². The molecule has 0 saturated heterocycles. The SMILES string of the molecule is CCOP(OCC)c1c(C(C)(C)COC)cc(C(C)(C)C)cc1C(C)(C)COC. The Bertz CT molecular complexity index is 602. The molecule has 0 fully saturated rings. The first-order valence-corrected chi connectivity index (χ1v) is 11.8. The number of ether oxygens (including phenoxy) is 2. The molecule has 1 aromatic carbocycles. The van der Waals surface area contributed by atoms with Gasteiger partial charge in [-0.2, -0.15) is 0 Å². The molecule has 0 saturated carbocycles. The Labute approximate surface area is 180 Å². The summed E-state index contributed by atoms with van der Waals surface area (Å²) in [7, 11) is 2.32. The molecule has 0 spiro atoms. The lowest BCUT2D eigenvalue weighted by atomic mass is 9.74. The van der Waals surface area contributed by atoms with Crippen LogP contribution in [-0.4, -0.2) is 40.6 Å². The molecule has 1 aromatic rings. The van der Waals surface area contributed by atoms with Crippen LogP contribution in [0.25, 0.3) is 0 Å². The Morgan fingerprint density at radius 2 is 1.10 bits per heavy atom. The standard InChI is InChI=1S/C24H43O4P/c1-12-27-29(28-13-2)21-19(23(6,7)16-25-10)14-18(22(3,4)5)15-20(21)24(8,9)17-26-11/h14-15H,12-13,16-17H2,1-11H3. The summed E-state index contributed by atoms with van der Waals surface area (Å²) in [5.74, 6) is 0. The summed E-state index contributed by atoms with van der Waals surface area (Å²) in [5.41, 5.74) is 3.46. The van der Waals surface area contributed by atoms with Crippen LogP contribution in [0.2, 0.25) is 0 Å². The number of methoxy groups -OCH3 is 2. The van der Waals surface area contributed by atoms with Gasteiger partial charge in [0.1, 0.15) is 0 Å². The molecule has 0 aliphatic heterocycles. The number of hydrogen-bond donors (Lipinski definition) is 0. The van der Waals surface area contributed by atoms with Crippen molar-refractivity contribution < 1.29 is 18.5 Å². The summed E-state index contributed by atoms with van der Waals surface area (Å²) in [5, 5.41) is 1.18. The fourth-order valence-electron chi connectivity index (χ4n) is 3.57. The summed E-state index contributed by atoms with van der Waals surface area (Å²) in [4.78, 5) is 0. The molecule has 0 heterocycles. The van der Waals surface area contributed by atoms with Gasteiger partial charge in [-0.15, -0.1) is 0 Å². The van der Waals surface area contributed by atoms with Gasteiger partial charge >= 0.3 is 0 Å². The van der Waals surface area contributed by atoms with Gasteiger partial charge < -0.3 is 18.5 Å². The second-order valence-corrected chi connectivity index (χ2v) is 11.4. The summed E-state index contributed by atoms with van der Waals surface area (Å²) in [6, 6.07) is 4.68. The molecule has 0 N–H and O–H groups in total. The molecule has 0 aliphatic carbocycles. The summed E-state index contributed by atoms with van der Waals surface area (Å²) in [6.45, 7) is 22.2. The predicted molar refractivity (Wildman–Crippen MR) is 125 cm³/mol. The molecule has 1 rings (SSSR count). The third kappa shape index (κ3) is 6.74. The lowest BCUT2D eigenvalue weighted by Crippen LogP contribution is -2.38. The normalized spacial score (nSPS) is 13.4. The predicted octanol–water partition coefficient (Wildman–Crippen LogP) is 5.84. The number of hydrogen-bond acceptors (Lipinski definition) is 4. The van der Waals surface area contributed by atoms with Crippen molar-refractivity contribution in [2.24, 2.45) is 0 Å². The Kier molecular flexibility index (Phi) is 9.77. The lowest BCUT2D eigenvalue weighted by Gasteiger charge is -2.37. The molecule has 168 valence electrons. The molecule has 29 heavy (non-hydrogen) atoms. The Balaban J connectivity index is 3.99. The maximum absolute atomic E-state index is 6.18.